The Morgan fingerprint density at radius 2 is 1.60 bits per heavy atom. The maximum absolute atomic E-state index is 13.2. The minimum atomic E-state index is -4.06. The van der Waals surface area contributed by atoms with Gasteiger partial charge in [-0.2, -0.15) is 8.42 Å². The third kappa shape index (κ3) is 5.99. The molecule has 3 aromatic rings. The van der Waals surface area contributed by atoms with Gasteiger partial charge in [0.1, 0.15) is 5.75 Å². The molecule has 0 atom stereocenters. The van der Waals surface area contributed by atoms with E-state index in [4.69, 9.17) is 0 Å². The molecule has 182 valence electrons. The lowest BCUT2D eigenvalue weighted by molar-refractivity contribution is 0.0749. The molecule has 0 bridgehead atoms. The monoisotopic (exact) mass is 494 g/mol. The number of anilines is 2. The van der Waals surface area contributed by atoms with E-state index in [0.29, 0.717) is 5.56 Å². The van der Waals surface area contributed by atoms with Crippen LogP contribution < -0.4 is 10.2 Å². The van der Waals surface area contributed by atoms with E-state index < -0.39 is 22.0 Å². The normalized spacial score (nSPS) is 13.8. The maximum atomic E-state index is 13.2. The summed E-state index contributed by atoms with van der Waals surface area (Å²) in [5.74, 6) is -1.96. The first-order valence-corrected chi connectivity index (χ1v) is 13.1. The standard InChI is InChI=1S/C26H26N2O6S/c1-35(32,33)34-26(31)21-12-10-19(18-8-4-2-5-9-18)16-23(21)27-25(30)22-17-20(11-13-24(22)29)28-14-6-3-7-15-28/h2,4-5,8-13,16-17,29H,3,6-7,14-15H2,1H3,(H,27,30). The fourth-order valence-corrected chi connectivity index (χ4v) is 4.43. The van der Waals surface area contributed by atoms with Gasteiger partial charge in [-0.15, -0.1) is 0 Å². The molecule has 8 nitrogen and oxygen atoms in total. The average molecular weight is 495 g/mol. The summed E-state index contributed by atoms with van der Waals surface area (Å²) < 4.78 is 27.6. The van der Waals surface area contributed by atoms with Gasteiger partial charge in [0.25, 0.3) is 5.91 Å². The predicted molar refractivity (Wildman–Crippen MR) is 134 cm³/mol. The van der Waals surface area contributed by atoms with Crippen LogP contribution in [0, 0.1) is 0 Å². The molecule has 1 heterocycles. The van der Waals surface area contributed by atoms with Crippen molar-refractivity contribution in [1.29, 1.82) is 0 Å². The van der Waals surface area contributed by atoms with Gasteiger partial charge in [-0.1, -0.05) is 36.4 Å². The highest BCUT2D eigenvalue weighted by Gasteiger charge is 2.22. The van der Waals surface area contributed by atoms with Gasteiger partial charge in [0.05, 0.1) is 23.1 Å². The molecule has 0 saturated carbocycles. The van der Waals surface area contributed by atoms with E-state index in [1.165, 1.54) is 12.1 Å². The zero-order valence-corrected chi connectivity index (χ0v) is 20.0. The number of phenolic OH excluding ortho intramolecular Hbond substituents is 1. The second-order valence-corrected chi connectivity index (χ2v) is 9.98. The fourth-order valence-electron chi connectivity index (χ4n) is 4.06. The van der Waals surface area contributed by atoms with Crippen molar-refractivity contribution in [1.82, 2.24) is 0 Å². The summed E-state index contributed by atoms with van der Waals surface area (Å²) in [6.07, 6.45) is 4.04. The molecule has 1 aliphatic rings. The topological polar surface area (TPSA) is 113 Å². The summed E-state index contributed by atoms with van der Waals surface area (Å²) in [5, 5.41) is 13.1. The van der Waals surface area contributed by atoms with Crippen molar-refractivity contribution in [3.63, 3.8) is 0 Å². The first-order chi connectivity index (χ1) is 16.7. The Labute approximate surface area is 204 Å². The second kappa shape index (κ2) is 10.2. The summed E-state index contributed by atoms with van der Waals surface area (Å²) in [6, 6.07) is 18.7. The van der Waals surface area contributed by atoms with Crippen molar-refractivity contribution >= 4 is 33.4 Å². The number of phenols is 1. The number of amides is 1. The molecule has 2 N–H and O–H groups in total. The SMILES string of the molecule is CS(=O)(=O)OC(=O)c1ccc(-c2ccccc2)cc1NC(=O)c1cc(N2CCCCC2)ccc1O. The number of piperidine rings is 1. The fraction of sp³-hybridized carbons (Fsp3) is 0.231. The Bertz CT molecular complexity index is 1350. The van der Waals surface area contributed by atoms with Crippen LogP contribution in [0.2, 0.25) is 0 Å². The lowest BCUT2D eigenvalue weighted by Crippen LogP contribution is -2.29. The first-order valence-electron chi connectivity index (χ1n) is 11.2. The van der Waals surface area contributed by atoms with Crippen molar-refractivity contribution in [2.24, 2.45) is 0 Å². The first kappa shape index (κ1) is 24.3. The molecule has 0 radical (unpaired) electrons. The summed E-state index contributed by atoms with van der Waals surface area (Å²) >= 11 is 0. The van der Waals surface area contributed by atoms with E-state index in [-0.39, 0.29) is 22.6 Å². The van der Waals surface area contributed by atoms with E-state index in [2.05, 4.69) is 14.4 Å². The number of rotatable bonds is 6. The molecular weight excluding hydrogens is 468 g/mol. The molecule has 1 fully saturated rings. The highest BCUT2D eigenvalue weighted by atomic mass is 32.2. The van der Waals surface area contributed by atoms with Gasteiger partial charge in [0.2, 0.25) is 0 Å². The largest absolute Gasteiger partial charge is 0.507 e. The highest BCUT2D eigenvalue weighted by Crippen LogP contribution is 2.30. The number of carbonyl (C=O) groups excluding carboxylic acids is 2. The Morgan fingerprint density at radius 3 is 2.29 bits per heavy atom. The number of benzene rings is 3. The zero-order valence-electron chi connectivity index (χ0n) is 19.2. The van der Waals surface area contributed by atoms with Crippen molar-refractivity contribution in [3.05, 3.63) is 77.9 Å². The summed E-state index contributed by atoms with van der Waals surface area (Å²) in [6.45, 7) is 1.73. The zero-order chi connectivity index (χ0) is 25.0. The minimum Gasteiger partial charge on any atom is -0.507 e. The van der Waals surface area contributed by atoms with E-state index in [0.717, 1.165) is 49.9 Å². The number of aromatic hydroxyl groups is 1. The molecule has 0 spiro atoms. The summed E-state index contributed by atoms with van der Waals surface area (Å²) in [4.78, 5) is 27.9. The molecule has 35 heavy (non-hydrogen) atoms. The van der Waals surface area contributed by atoms with Gasteiger partial charge >= 0.3 is 16.1 Å². The number of carbonyl (C=O) groups is 2. The van der Waals surface area contributed by atoms with Gasteiger partial charge < -0.3 is 19.5 Å². The number of nitrogens with zero attached hydrogens (tertiary/aromatic N) is 1. The average Bonchev–Trinajstić information content (AvgIpc) is 2.84. The molecule has 0 unspecified atom stereocenters. The minimum absolute atomic E-state index is 0.0422. The Hall–Kier alpha value is -3.85. The Balaban J connectivity index is 1.69. The van der Waals surface area contributed by atoms with Gasteiger partial charge in [-0.3, -0.25) is 4.79 Å². The van der Waals surface area contributed by atoms with Crippen molar-refractivity contribution < 1.29 is 27.3 Å². The van der Waals surface area contributed by atoms with Crippen molar-refractivity contribution in [2.45, 2.75) is 19.3 Å². The summed E-state index contributed by atoms with van der Waals surface area (Å²) in [5.41, 5.74) is 2.33. The van der Waals surface area contributed by atoms with Crippen LogP contribution in [-0.4, -0.2) is 44.7 Å². The Kier molecular flexibility index (Phi) is 7.07. The maximum Gasteiger partial charge on any atom is 0.355 e. The molecule has 0 aromatic heterocycles. The van der Waals surface area contributed by atoms with Crippen LogP contribution in [0.4, 0.5) is 11.4 Å². The van der Waals surface area contributed by atoms with Gasteiger partial charge in [0.15, 0.2) is 0 Å². The molecular formula is C26H26N2O6S. The molecule has 1 aliphatic heterocycles. The predicted octanol–water partition coefficient (Wildman–Crippen LogP) is 4.42. The third-order valence-electron chi connectivity index (χ3n) is 5.77. The lowest BCUT2D eigenvalue weighted by atomic mass is 10.0. The van der Waals surface area contributed by atoms with E-state index >= 15 is 0 Å². The lowest BCUT2D eigenvalue weighted by Gasteiger charge is -2.29. The number of hydrogen-bond acceptors (Lipinski definition) is 7. The molecule has 1 amide bonds. The van der Waals surface area contributed by atoms with Crippen LogP contribution in [-0.2, 0) is 14.3 Å². The van der Waals surface area contributed by atoms with Crippen LogP contribution in [0.1, 0.15) is 40.0 Å². The van der Waals surface area contributed by atoms with Crippen LogP contribution in [0.15, 0.2) is 66.7 Å². The number of hydrogen-bond donors (Lipinski definition) is 2. The van der Waals surface area contributed by atoms with Gasteiger partial charge in [-0.05, 0) is 60.7 Å². The smallest absolute Gasteiger partial charge is 0.355 e. The van der Waals surface area contributed by atoms with E-state index in [1.807, 2.05) is 30.3 Å². The van der Waals surface area contributed by atoms with Gasteiger partial charge in [0, 0.05) is 18.8 Å². The van der Waals surface area contributed by atoms with Crippen LogP contribution in [0.25, 0.3) is 11.1 Å². The summed E-state index contributed by atoms with van der Waals surface area (Å²) in [7, 11) is -4.06. The molecule has 1 saturated heterocycles. The van der Waals surface area contributed by atoms with Crippen LogP contribution >= 0.6 is 0 Å². The Morgan fingerprint density at radius 1 is 0.886 bits per heavy atom. The second-order valence-electron chi connectivity index (χ2n) is 8.40. The van der Waals surface area contributed by atoms with Crippen molar-refractivity contribution in [3.8, 4) is 16.9 Å². The van der Waals surface area contributed by atoms with Crippen molar-refractivity contribution in [2.75, 3.05) is 29.6 Å². The van der Waals surface area contributed by atoms with E-state index in [1.54, 1.807) is 24.3 Å². The van der Waals surface area contributed by atoms with Crippen LogP contribution in [0.3, 0.4) is 0 Å². The number of nitrogens with one attached hydrogen (secondary N) is 1. The molecule has 3 aromatic carbocycles. The quantitative estimate of drug-likeness (QED) is 0.488. The van der Waals surface area contributed by atoms with Crippen LogP contribution in [0.5, 0.6) is 5.75 Å². The third-order valence-corrected chi connectivity index (χ3v) is 6.22. The van der Waals surface area contributed by atoms with E-state index in [9.17, 15) is 23.1 Å². The highest BCUT2D eigenvalue weighted by molar-refractivity contribution is 7.86. The molecule has 0 aliphatic carbocycles. The van der Waals surface area contributed by atoms with Gasteiger partial charge in [-0.25, -0.2) is 4.79 Å². The molecule has 9 heteroatoms. The molecule has 4 rings (SSSR count).